The molecule has 3 aromatic rings. The van der Waals surface area contributed by atoms with Crippen LogP contribution in [-0.2, 0) is 19.1 Å². The van der Waals surface area contributed by atoms with Crippen molar-refractivity contribution in [2.45, 2.75) is 98.3 Å². The van der Waals surface area contributed by atoms with Gasteiger partial charge in [-0.25, -0.2) is 19.6 Å². The summed E-state index contributed by atoms with van der Waals surface area (Å²) in [5, 5.41) is 5.38. The van der Waals surface area contributed by atoms with Crippen LogP contribution < -0.4 is 10.6 Å². The van der Waals surface area contributed by atoms with E-state index in [4.69, 9.17) is 9.47 Å². The molecule has 0 spiro atoms. The lowest BCUT2D eigenvalue weighted by atomic mass is 10.0. The van der Waals surface area contributed by atoms with Crippen LogP contribution in [0.1, 0.15) is 109 Å². The van der Waals surface area contributed by atoms with Gasteiger partial charge in [0.2, 0.25) is 11.8 Å². The van der Waals surface area contributed by atoms with Crippen LogP contribution in [0.4, 0.5) is 9.59 Å². The van der Waals surface area contributed by atoms with E-state index in [9.17, 15) is 19.2 Å². The number of alkyl carbamates (subject to hydrolysis) is 2. The first-order chi connectivity index (χ1) is 28.3. The Morgan fingerprint density at radius 2 is 1.63 bits per heavy atom. The van der Waals surface area contributed by atoms with Crippen LogP contribution in [0.25, 0.3) is 16.8 Å². The number of rotatable bonds is 16. The van der Waals surface area contributed by atoms with Gasteiger partial charge in [0.1, 0.15) is 23.7 Å². The molecule has 1 fully saturated rings. The van der Waals surface area contributed by atoms with E-state index < -0.39 is 24.3 Å². The molecule has 316 valence electrons. The first kappa shape index (κ1) is 45.6. The molecule has 14 nitrogen and oxygen atoms in total. The van der Waals surface area contributed by atoms with E-state index in [0.717, 1.165) is 47.4 Å². The molecule has 2 aromatic heterocycles. The third kappa shape index (κ3) is 11.7. The predicted molar refractivity (Wildman–Crippen MR) is 228 cm³/mol. The van der Waals surface area contributed by atoms with Crippen molar-refractivity contribution in [1.29, 1.82) is 0 Å². The molecule has 4 atom stereocenters. The van der Waals surface area contributed by atoms with Gasteiger partial charge in [0, 0.05) is 24.2 Å². The third-order valence-corrected chi connectivity index (χ3v) is 10.3. The second-order valence-corrected chi connectivity index (χ2v) is 15.2. The number of aromatic nitrogens is 4. The number of hydrogen-bond donors (Lipinski definition) is 4. The molecule has 1 saturated heterocycles. The molecule has 4 amide bonds. The molecule has 1 aromatic carbocycles. The number of imidazole rings is 2. The summed E-state index contributed by atoms with van der Waals surface area (Å²) >= 11 is 0. The summed E-state index contributed by atoms with van der Waals surface area (Å²) in [6, 6.07) is 5.87. The monoisotopic (exact) mass is 808 g/mol. The number of allylic oxidation sites excluding steroid dienone is 5. The number of H-pyrrole nitrogens is 2. The molecule has 0 bridgehead atoms. The molecular weight excluding hydrogens is 749 g/mol. The zero-order valence-corrected chi connectivity index (χ0v) is 35.8. The first-order valence-electron chi connectivity index (χ1n) is 20.3. The van der Waals surface area contributed by atoms with Gasteiger partial charge < -0.3 is 39.9 Å². The molecule has 4 rings (SSSR count). The highest BCUT2D eigenvalue weighted by Crippen LogP contribution is 2.33. The fourth-order valence-corrected chi connectivity index (χ4v) is 6.98. The fraction of sp³-hybridized carbons (Fsp3) is 0.467. The van der Waals surface area contributed by atoms with Crippen molar-refractivity contribution >= 4 is 29.6 Å². The highest BCUT2D eigenvalue weighted by atomic mass is 16.5. The Morgan fingerprint density at radius 3 is 2.22 bits per heavy atom. The van der Waals surface area contributed by atoms with E-state index >= 15 is 0 Å². The van der Waals surface area contributed by atoms with Crippen LogP contribution >= 0.6 is 0 Å². The minimum Gasteiger partial charge on any atom is -0.453 e. The van der Waals surface area contributed by atoms with Crippen LogP contribution in [0.5, 0.6) is 0 Å². The van der Waals surface area contributed by atoms with Gasteiger partial charge in [-0.15, -0.1) is 0 Å². The number of nitrogens with zero attached hydrogens (tertiary/aromatic N) is 4. The molecule has 0 saturated carbocycles. The number of methoxy groups -OCH3 is 2. The Balaban J connectivity index is 1.42. The highest BCUT2D eigenvalue weighted by Gasteiger charge is 2.38. The summed E-state index contributed by atoms with van der Waals surface area (Å²) in [7, 11) is 2.56. The minimum atomic E-state index is -0.741. The zero-order chi connectivity index (χ0) is 43.2. The molecule has 4 N–H and O–H groups in total. The van der Waals surface area contributed by atoms with Gasteiger partial charge in [0.25, 0.3) is 0 Å². The molecule has 1 aliphatic rings. The maximum absolute atomic E-state index is 13.8. The van der Waals surface area contributed by atoms with Crippen LogP contribution in [0, 0.1) is 23.7 Å². The second kappa shape index (κ2) is 21.6. The number of likely N-dealkylation sites (tertiary alicyclic amines) is 1. The molecule has 59 heavy (non-hydrogen) atoms. The molecule has 3 heterocycles. The van der Waals surface area contributed by atoms with E-state index in [1.54, 1.807) is 22.2 Å². The van der Waals surface area contributed by atoms with Crippen molar-refractivity contribution in [2.75, 3.05) is 27.3 Å². The van der Waals surface area contributed by atoms with Crippen LogP contribution in [0.2, 0.25) is 0 Å². The average molecular weight is 809 g/mol. The van der Waals surface area contributed by atoms with Gasteiger partial charge >= 0.3 is 12.2 Å². The smallest absolute Gasteiger partial charge is 0.407 e. The Bertz CT molecular complexity index is 2050. The molecule has 1 aliphatic heterocycles. The molecular formula is C45H60N8O6. The maximum atomic E-state index is 13.8. The van der Waals surface area contributed by atoms with Crippen LogP contribution in [0.3, 0.4) is 0 Å². The van der Waals surface area contributed by atoms with Gasteiger partial charge in [0.15, 0.2) is 0 Å². The van der Waals surface area contributed by atoms with Gasteiger partial charge in [-0.3, -0.25) is 9.59 Å². The van der Waals surface area contributed by atoms with Crippen molar-refractivity contribution < 1.29 is 28.7 Å². The van der Waals surface area contributed by atoms with Gasteiger partial charge in [-0.05, 0) is 73.8 Å². The second-order valence-electron chi connectivity index (χ2n) is 15.2. The summed E-state index contributed by atoms with van der Waals surface area (Å²) in [5.74, 6) is 7.22. The average Bonchev–Trinajstić information content (AvgIpc) is 4.03. The number of carbonyl (C=O) groups is 4. The molecule has 0 unspecified atom stereocenters. The topological polar surface area (TPSA) is 175 Å². The summed E-state index contributed by atoms with van der Waals surface area (Å²) in [6.45, 7) is 18.8. The summed E-state index contributed by atoms with van der Waals surface area (Å²) in [6.07, 6.45) is 10.9. The number of ether oxygens (including phenoxy) is 2. The lowest BCUT2D eigenvalue weighted by molar-refractivity contribution is -0.137. The lowest BCUT2D eigenvalue weighted by Crippen LogP contribution is -2.52. The number of benzene rings is 1. The summed E-state index contributed by atoms with van der Waals surface area (Å²) in [5.41, 5.74) is 4.82. The Labute approximate surface area is 348 Å². The molecule has 14 heteroatoms. The maximum Gasteiger partial charge on any atom is 0.407 e. The SMILES string of the molecule is C=C(/C=C\C(C#Cc1ccc(-c2cnc([C@@H]3CCCN3C(=O)[C@@H](NC(=O)OC)C(C)C)[nH]2)cc1)=C/C)c1cnc([C@H](CC)N(CCC)C(=O)[C@@H](NC(=O)OC)C(C)C)[nH]1. The number of aromatic amines is 2. The number of carbonyl (C=O) groups excluding carboxylic acids is 4. The van der Waals surface area contributed by atoms with Crippen molar-refractivity contribution in [3.05, 3.63) is 89.9 Å². The van der Waals surface area contributed by atoms with Crippen molar-refractivity contribution in [2.24, 2.45) is 11.8 Å². The van der Waals surface area contributed by atoms with E-state index in [-0.39, 0.29) is 35.7 Å². The zero-order valence-electron chi connectivity index (χ0n) is 35.8. The number of hydrogen-bond acceptors (Lipinski definition) is 8. The highest BCUT2D eigenvalue weighted by molar-refractivity contribution is 5.87. The third-order valence-electron chi connectivity index (χ3n) is 10.3. The number of nitrogens with one attached hydrogen (secondary N) is 4. The first-order valence-corrected chi connectivity index (χ1v) is 20.3. The van der Waals surface area contributed by atoms with Crippen LogP contribution in [-0.4, -0.2) is 93.1 Å². The molecule has 0 aliphatic carbocycles. The van der Waals surface area contributed by atoms with Crippen molar-refractivity contribution in [1.82, 2.24) is 40.4 Å². The largest absolute Gasteiger partial charge is 0.453 e. The Morgan fingerprint density at radius 1 is 0.966 bits per heavy atom. The summed E-state index contributed by atoms with van der Waals surface area (Å²) in [4.78, 5) is 70.9. The standard InChI is InChI=1S/C45H60N8O6/c1-11-24-52(42(54)38(28(4)5)50-44(56)58-9)36(13-3)40-46-26-34(48-40)30(8)16-17-31(12-2)18-19-32-20-22-33(23-21-32)35-27-47-41(49-35)37-15-14-25-53(37)43(55)39(29(6)7)51-45(57)59-10/h12,16-17,20-23,26-29,36-39H,8,11,13-15,24-25H2,1-7,9-10H3,(H,46,48)(H,47,49)(H,50,56)(H,51,57)/b17-16-,31-12+/t36-,37-,38-,39-/m0/s1. The van der Waals surface area contributed by atoms with Crippen LogP contribution in [0.15, 0.2) is 67.0 Å². The van der Waals surface area contributed by atoms with Crippen molar-refractivity contribution in [3.8, 4) is 23.1 Å². The van der Waals surface area contributed by atoms with Gasteiger partial charge in [-0.1, -0.05) is 84.2 Å². The minimum absolute atomic E-state index is 0.113. The lowest BCUT2D eigenvalue weighted by Gasteiger charge is -2.34. The fourth-order valence-electron chi connectivity index (χ4n) is 6.98. The van der Waals surface area contributed by atoms with Gasteiger partial charge in [-0.2, -0.15) is 0 Å². The quantitative estimate of drug-likeness (QED) is 0.0851. The molecule has 0 radical (unpaired) electrons. The van der Waals surface area contributed by atoms with Gasteiger partial charge in [0.05, 0.1) is 50.1 Å². The predicted octanol–water partition coefficient (Wildman–Crippen LogP) is 7.48. The Kier molecular flexibility index (Phi) is 16.7. The summed E-state index contributed by atoms with van der Waals surface area (Å²) < 4.78 is 9.53. The normalized spacial score (nSPS) is 15.7. The van der Waals surface area contributed by atoms with Crippen molar-refractivity contribution in [3.63, 3.8) is 0 Å². The van der Waals surface area contributed by atoms with E-state index in [2.05, 4.69) is 49.0 Å². The number of amides is 4. The Hall–Kier alpha value is -6.10. The van der Waals surface area contributed by atoms with E-state index in [1.807, 2.05) is 91.0 Å². The van der Waals surface area contributed by atoms with E-state index in [0.29, 0.717) is 36.7 Å². The van der Waals surface area contributed by atoms with E-state index in [1.165, 1.54) is 14.2 Å².